The van der Waals surface area contributed by atoms with Gasteiger partial charge in [-0.1, -0.05) is 0 Å². The summed E-state index contributed by atoms with van der Waals surface area (Å²) in [6.07, 6.45) is 1.32. The van der Waals surface area contributed by atoms with Crippen LogP contribution in [-0.4, -0.2) is 44.6 Å². The van der Waals surface area contributed by atoms with Crippen molar-refractivity contribution in [3.05, 3.63) is 17.7 Å². The summed E-state index contributed by atoms with van der Waals surface area (Å²) in [6.45, 7) is 0.150. The Morgan fingerprint density at radius 3 is 2.65 bits per heavy atom. The summed E-state index contributed by atoms with van der Waals surface area (Å²) in [5.74, 6) is -2.88. The van der Waals surface area contributed by atoms with Crippen LogP contribution in [-0.2, 0) is 4.79 Å². The SMILES string of the molecule is O=C(O)CCCNC(=O)c1nc[nH]c1C(=O)O. The van der Waals surface area contributed by atoms with Crippen molar-refractivity contribution in [1.82, 2.24) is 15.3 Å². The molecule has 0 aromatic carbocycles. The molecule has 1 rings (SSSR count). The minimum Gasteiger partial charge on any atom is -0.481 e. The molecule has 0 spiro atoms. The molecule has 0 atom stereocenters. The minimum atomic E-state index is -1.28. The number of hydrogen-bond donors (Lipinski definition) is 4. The highest BCUT2D eigenvalue weighted by Gasteiger charge is 2.18. The highest BCUT2D eigenvalue weighted by Crippen LogP contribution is 2.02. The van der Waals surface area contributed by atoms with Crippen LogP contribution in [0.3, 0.4) is 0 Å². The number of nitrogens with zero attached hydrogens (tertiary/aromatic N) is 1. The number of rotatable bonds is 6. The fraction of sp³-hybridized carbons (Fsp3) is 0.333. The first-order valence-corrected chi connectivity index (χ1v) is 4.79. The largest absolute Gasteiger partial charge is 0.481 e. The van der Waals surface area contributed by atoms with Gasteiger partial charge in [-0.25, -0.2) is 9.78 Å². The number of amides is 1. The molecule has 4 N–H and O–H groups in total. The van der Waals surface area contributed by atoms with Gasteiger partial charge >= 0.3 is 11.9 Å². The van der Waals surface area contributed by atoms with Gasteiger partial charge in [0, 0.05) is 13.0 Å². The lowest BCUT2D eigenvalue weighted by Gasteiger charge is -2.02. The molecule has 0 saturated carbocycles. The van der Waals surface area contributed by atoms with E-state index in [1.54, 1.807) is 0 Å². The molecule has 8 heteroatoms. The molecule has 0 aliphatic heterocycles. The van der Waals surface area contributed by atoms with Crippen LogP contribution in [0.2, 0.25) is 0 Å². The molecular weight excluding hydrogens is 230 g/mol. The van der Waals surface area contributed by atoms with Crippen molar-refractivity contribution >= 4 is 17.8 Å². The average molecular weight is 241 g/mol. The third-order valence-electron chi connectivity index (χ3n) is 1.92. The van der Waals surface area contributed by atoms with Crippen molar-refractivity contribution < 1.29 is 24.6 Å². The Labute approximate surface area is 95.7 Å². The van der Waals surface area contributed by atoms with E-state index in [4.69, 9.17) is 10.2 Å². The van der Waals surface area contributed by atoms with Gasteiger partial charge in [0.1, 0.15) is 0 Å². The molecule has 1 aromatic rings. The van der Waals surface area contributed by atoms with Crippen LogP contribution in [0.4, 0.5) is 0 Å². The topological polar surface area (TPSA) is 132 Å². The quantitative estimate of drug-likeness (QED) is 0.505. The Hall–Kier alpha value is -2.38. The molecule has 8 nitrogen and oxygen atoms in total. The highest BCUT2D eigenvalue weighted by molar-refractivity contribution is 6.02. The predicted octanol–water partition coefficient (Wildman–Crippen LogP) is -0.298. The van der Waals surface area contributed by atoms with E-state index in [1.807, 2.05) is 0 Å². The van der Waals surface area contributed by atoms with Gasteiger partial charge in [-0.3, -0.25) is 9.59 Å². The van der Waals surface area contributed by atoms with Crippen molar-refractivity contribution in [3.8, 4) is 0 Å². The number of aromatic carboxylic acids is 1. The van der Waals surface area contributed by atoms with Crippen LogP contribution < -0.4 is 5.32 Å². The third kappa shape index (κ3) is 3.59. The number of carbonyl (C=O) groups excluding carboxylic acids is 1. The maximum atomic E-state index is 11.5. The summed E-state index contributed by atoms with van der Waals surface area (Å²) in [6, 6.07) is 0. The molecule has 0 saturated heterocycles. The Morgan fingerprint density at radius 1 is 1.35 bits per heavy atom. The second-order valence-corrected chi connectivity index (χ2v) is 3.18. The van der Waals surface area contributed by atoms with E-state index in [0.29, 0.717) is 0 Å². The molecular formula is C9H11N3O5. The van der Waals surface area contributed by atoms with Crippen molar-refractivity contribution in [2.45, 2.75) is 12.8 Å². The van der Waals surface area contributed by atoms with E-state index in [1.165, 1.54) is 0 Å². The summed E-state index contributed by atoms with van der Waals surface area (Å²) in [7, 11) is 0. The maximum absolute atomic E-state index is 11.5. The van der Waals surface area contributed by atoms with E-state index in [9.17, 15) is 14.4 Å². The van der Waals surface area contributed by atoms with Crippen LogP contribution in [0, 0.1) is 0 Å². The number of carboxylic acid groups (broad SMARTS) is 2. The monoisotopic (exact) mass is 241 g/mol. The molecule has 1 heterocycles. The van der Waals surface area contributed by atoms with Gasteiger partial charge < -0.3 is 20.5 Å². The lowest BCUT2D eigenvalue weighted by molar-refractivity contribution is -0.137. The number of H-pyrrole nitrogens is 1. The summed E-state index contributed by atoms with van der Waals surface area (Å²) in [5, 5.41) is 19.5. The predicted molar refractivity (Wildman–Crippen MR) is 54.8 cm³/mol. The first-order chi connectivity index (χ1) is 8.02. The number of aromatic nitrogens is 2. The number of hydrogen-bond acceptors (Lipinski definition) is 4. The van der Waals surface area contributed by atoms with Crippen molar-refractivity contribution in [3.63, 3.8) is 0 Å². The van der Waals surface area contributed by atoms with Gasteiger partial charge in [0.25, 0.3) is 5.91 Å². The number of carboxylic acids is 2. The third-order valence-corrected chi connectivity index (χ3v) is 1.92. The number of aromatic amines is 1. The van der Waals surface area contributed by atoms with E-state index in [-0.39, 0.29) is 30.8 Å². The van der Waals surface area contributed by atoms with Crippen LogP contribution in [0.1, 0.15) is 33.8 Å². The Morgan fingerprint density at radius 2 is 2.06 bits per heavy atom. The van der Waals surface area contributed by atoms with Gasteiger partial charge in [-0.05, 0) is 6.42 Å². The Kier molecular flexibility index (Phi) is 4.21. The van der Waals surface area contributed by atoms with Crippen molar-refractivity contribution in [2.75, 3.05) is 6.54 Å². The standard InChI is InChI=1S/C9H11N3O5/c13-5(14)2-1-3-10-8(15)6-7(9(16)17)12-4-11-6/h4H,1-3H2,(H,10,15)(H,11,12)(H,13,14)(H,16,17). The zero-order chi connectivity index (χ0) is 12.8. The average Bonchev–Trinajstić information content (AvgIpc) is 2.72. The van der Waals surface area contributed by atoms with E-state index in [0.717, 1.165) is 6.33 Å². The second kappa shape index (κ2) is 5.64. The van der Waals surface area contributed by atoms with E-state index < -0.39 is 17.8 Å². The summed E-state index contributed by atoms with van der Waals surface area (Å²) >= 11 is 0. The Balaban J connectivity index is 2.50. The molecule has 0 radical (unpaired) electrons. The first-order valence-electron chi connectivity index (χ1n) is 4.79. The molecule has 1 aromatic heterocycles. The van der Waals surface area contributed by atoms with Gasteiger partial charge in [-0.15, -0.1) is 0 Å². The molecule has 17 heavy (non-hydrogen) atoms. The fourth-order valence-electron chi connectivity index (χ4n) is 1.15. The molecule has 92 valence electrons. The minimum absolute atomic E-state index is 0.0629. The highest BCUT2D eigenvalue weighted by atomic mass is 16.4. The van der Waals surface area contributed by atoms with Gasteiger partial charge in [0.15, 0.2) is 11.4 Å². The summed E-state index contributed by atoms with van der Waals surface area (Å²) < 4.78 is 0. The second-order valence-electron chi connectivity index (χ2n) is 3.18. The van der Waals surface area contributed by atoms with E-state index in [2.05, 4.69) is 15.3 Å². The van der Waals surface area contributed by atoms with Crippen LogP contribution in [0.15, 0.2) is 6.33 Å². The lowest BCUT2D eigenvalue weighted by Crippen LogP contribution is -2.26. The van der Waals surface area contributed by atoms with Crippen LogP contribution in [0.25, 0.3) is 0 Å². The number of aliphatic carboxylic acids is 1. The molecule has 0 fully saturated rings. The van der Waals surface area contributed by atoms with Gasteiger partial charge in [-0.2, -0.15) is 0 Å². The number of carbonyl (C=O) groups is 3. The number of nitrogens with one attached hydrogen (secondary N) is 2. The zero-order valence-electron chi connectivity index (χ0n) is 8.77. The van der Waals surface area contributed by atoms with Gasteiger partial charge in [0.05, 0.1) is 6.33 Å². The number of imidazole rings is 1. The van der Waals surface area contributed by atoms with Gasteiger partial charge in [0.2, 0.25) is 0 Å². The van der Waals surface area contributed by atoms with Crippen LogP contribution in [0.5, 0.6) is 0 Å². The molecule has 0 unspecified atom stereocenters. The summed E-state index contributed by atoms with van der Waals surface area (Å²) in [4.78, 5) is 38.3. The lowest BCUT2D eigenvalue weighted by atomic mass is 10.3. The first kappa shape index (κ1) is 12.7. The van der Waals surface area contributed by atoms with Crippen molar-refractivity contribution in [1.29, 1.82) is 0 Å². The smallest absolute Gasteiger partial charge is 0.354 e. The molecule has 0 bridgehead atoms. The molecule has 0 aliphatic carbocycles. The molecule has 1 amide bonds. The normalized spacial score (nSPS) is 9.88. The van der Waals surface area contributed by atoms with Crippen LogP contribution >= 0.6 is 0 Å². The Bertz CT molecular complexity index is 440. The maximum Gasteiger partial charge on any atom is 0.354 e. The molecule has 0 aliphatic rings. The summed E-state index contributed by atoms with van der Waals surface area (Å²) in [5.41, 5.74) is -0.506. The van der Waals surface area contributed by atoms with Crippen molar-refractivity contribution in [2.24, 2.45) is 0 Å². The van der Waals surface area contributed by atoms with E-state index >= 15 is 0 Å². The zero-order valence-corrected chi connectivity index (χ0v) is 8.77. The fourth-order valence-corrected chi connectivity index (χ4v) is 1.15.